The topological polar surface area (TPSA) is 76.5 Å². The number of aryl methyl sites for hydroxylation is 1. The molecule has 0 aliphatic heterocycles. The van der Waals surface area contributed by atoms with Crippen LogP contribution in [0.2, 0.25) is 0 Å². The molecule has 0 saturated heterocycles. The summed E-state index contributed by atoms with van der Waals surface area (Å²) in [5.41, 5.74) is 0. The average Bonchev–Trinajstić information content (AvgIpc) is 2.63. The molecular weight excluding hydrogens is 186 g/mol. The highest BCUT2D eigenvalue weighted by Crippen LogP contribution is 2.21. The summed E-state index contributed by atoms with van der Waals surface area (Å²) in [4.78, 5) is 9.87. The Morgan fingerprint density at radius 1 is 1.64 bits per heavy atom. The first-order chi connectivity index (χ1) is 6.56. The van der Waals surface area contributed by atoms with Crippen molar-refractivity contribution in [3.63, 3.8) is 0 Å². The molecule has 2 atom stereocenters. The molecule has 1 rings (SSSR count). The summed E-state index contributed by atoms with van der Waals surface area (Å²) in [6.07, 6.45) is -0.468. The smallest absolute Gasteiger partial charge is 0.243 e. The molecule has 1 aromatic rings. The summed E-state index contributed by atoms with van der Waals surface area (Å²) in [7, 11) is 0. The van der Waals surface area contributed by atoms with Crippen molar-refractivity contribution >= 4 is 0 Å². The van der Waals surface area contributed by atoms with E-state index < -0.39 is 17.1 Å². The van der Waals surface area contributed by atoms with Gasteiger partial charge in [-0.25, -0.2) is 0 Å². The molecule has 2 unspecified atom stereocenters. The fraction of sp³-hybridized carbons (Fsp3) is 0.556. The molecule has 0 amide bonds. The first kappa shape index (κ1) is 10.7. The largest absolute Gasteiger partial charge is 0.463 e. The van der Waals surface area contributed by atoms with Crippen LogP contribution in [0.5, 0.6) is 0 Å². The lowest BCUT2D eigenvalue weighted by molar-refractivity contribution is -0.531. The van der Waals surface area contributed by atoms with Gasteiger partial charge in [0.05, 0.1) is 0 Å². The standard InChI is InChI=1S/C9H13NO4/c1-3-7-4-5-8(14-7)9(11)6(2)10(12)13/h4-6,9,11H,3H2,1-2H3. The second kappa shape index (κ2) is 4.23. The Hall–Kier alpha value is -1.36. The molecule has 0 radical (unpaired) electrons. The Morgan fingerprint density at radius 2 is 2.29 bits per heavy atom. The lowest BCUT2D eigenvalue weighted by atomic mass is 10.1. The molecular formula is C9H13NO4. The van der Waals surface area contributed by atoms with Gasteiger partial charge in [-0.2, -0.15) is 0 Å². The van der Waals surface area contributed by atoms with Crippen molar-refractivity contribution in [1.29, 1.82) is 0 Å². The normalized spacial score (nSPS) is 15.1. The van der Waals surface area contributed by atoms with Gasteiger partial charge in [-0.3, -0.25) is 10.1 Å². The third kappa shape index (κ3) is 2.11. The Kier molecular flexibility index (Phi) is 3.24. The highest BCUT2D eigenvalue weighted by molar-refractivity contribution is 5.10. The van der Waals surface area contributed by atoms with Crippen LogP contribution in [0.1, 0.15) is 31.5 Å². The average molecular weight is 199 g/mol. The minimum absolute atomic E-state index is 0.256. The van der Waals surface area contributed by atoms with Crippen LogP contribution in [0.25, 0.3) is 0 Å². The van der Waals surface area contributed by atoms with Crippen molar-refractivity contribution < 1.29 is 14.4 Å². The predicted molar refractivity (Wildman–Crippen MR) is 49.5 cm³/mol. The third-order valence-electron chi connectivity index (χ3n) is 2.11. The summed E-state index contributed by atoms with van der Waals surface area (Å²) < 4.78 is 5.21. The van der Waals surface area contributed by atoms with E-state index in [9.17, 15) is 15.2 Å². The number of hydrogen-bond donors (Lipinski definition) is 1. The van der Waals surface area contributed by atoms with E-state index >= 15 is 0 Å². The van der Waals surface area contributed by atoms with Crippen molar-refractivity contribution in [2.45, 2.75) is 32.4 Å². The molecule has 1 heterocycles. The first-order valence-electron chi connectivity index (χ1n) is 4.46. The van der Waals surface area contributed by atoms with Gasteiger partial charge in [-0.15, -0.1) is 0 Å². The fourth-order valence-electron chi connectivity index (χ4n) is 1.10. The van der Waals surface area contributed by atoms with Gasteiger partial charge in [0.25, 0.3) is 0 Å². The number of furan rings is 1. The maximum Gasteiger partial charge on any atom is 0.243 e. The molecule has 0 aliphatic rings. The van der Waals surface area contributed by atoms with Crippen molar-refractivity contribution in [2.24, 2.45) is 0 Å². The molecule has 0 spiro atoms. The lowest BCUT2D eigenvalue weighted by Gasteiger charge is -2.08. The molecule has 1 aromatic heterocycles. The SMILES string of the molecule is CCc1ccc(C(O)C(C)[N+](=O)[O-])o1. The fourth-order valence-corrected chi connectivity index (χ4v) is 1.10. The van der Waals surface area contributed by atoms with Gasteiger partial charge < -0.3 is 9.52 Å². The molecule has 5 nitrogen and oxygen atoms in total. The lowest BCUT2D eigenvalue weighted by Crippen LogP contribution is -2.23. The van der Waals surface area contributed by atoms with E-state index in [1.54, 1.807) is 12.1 Å². The van der Waals surface area contributed by atoms with Crippen LogP contribution < -0.4 is 0 Å². The molecule has 1 N–H and O–H groups in total. The van der Waals surface area contributed by atoms with Crippen LogP contribution in [-0.2, 0) is 6.42 Å². The van der Waals surface area contributed by atoms with Gasteiger partial charge in [-0.1, -0.05) is 6.92 Å². The number of aliphatic hydroxyl groups is 1. The number of nitrogens with zero attached hydrogens (tertiary/aromatic N) is 1. The Balaban J connectivity index is 2.78. The molecule has 78 valence electrons. The van der Waals surface area contributed by atoms with Crippen LogP contribution in [0.3, 0.4) is 0 Å². The van der Waals surface area contributed by atoms with Crippen molar-refractivity contribution in [3.05, 3.63) is 33.8 Å². The van der Waals surface area contributed by atoms with Crippen LogP contribution in [0.15, 0.2) is 16.5 Å². The quantitative estimate of drug-likeness (QED) is 0.589. The van der Waals surface area contributed by atoms with E-state index in [4.69, 9.17) is 4.42 Å². The number of nitro groups is 1. The van der Waals surface area contributed by atoms with Crippen LogP contribution >= 0.6 is 0 Å². The number of hydrogen-bond acceptors (Lipinski definition) is 4. The molecule has 0 bridgehead atoms. The Bertz CT molecular complexity index is 320. The third-order valence-corrected chi connectivity index (χ3v) is 2.11. The van der Waals surface area contributed by atoms with Crippen LogP contribution in [0, 0.1) is 10.1 Å². The molecule has 0 fully saturated rings. The maximum absolute atomic E-state index is 10.4. The summed E-state index contributed by atoms with van der Waals surface area (Å²) in [6, 6.07) is 2.24. The molecule has 14 heavy (non-hydrogen) atoms. The highest BCUT2D eigenvalue weighted by Gasteiger charge is 2.28. The second-order valence-electron chi connectivity index (χ2n) is 3.13. The van der Waals surface area contributed by atoms with Crippen LogP contribution in [0.4, 0.5) is 0 Å². The van der Waals surface area contributed by atoms with Crippen LogP contribution in [-0.4, -0.2) is 16.1 Å². The van der Waals surface area contributed by atoms with Crippen molar-refractivity contribution in [3.8, 4) is 0 Å². The zero-order valence-corrected chi connectivity index (χ0v) is 8.14. The van der Waals surface area contributed by atoms with E-state index in [2.05, 4.69) is 0 Å². The minimum atomic E-state index is -1.18. The van der Waals surface area contributed by atoms with E-state index in [0.717, 1.165) is 5.76 Å². The van der Waals surface area contributed by atoms with Gasteiger partial charge in [0.15, 0.2) is 6.10 Å². The molecule has 5 heteroatoms. The number of aliphatic hydroxyl groups excluding tert-OH is 1. The predicted octanol–water partition coefficient (Wildman–Crippen LogP) is 1.54. The van der Waals surface area contributed by atoms with E-state index in [1.165, 1.54) is 6.92 Å². The highest BCUT2D eigenvalue weighted by atomic mass is 16.6. The summed E-state index contributed by atoms with van der Waals surface area (Å²) in [5, 5.41) is 19.9. The molecule has 0 aliphatic carbocycles. The zero-order chi connectivity index (χ0) is 10.7. The summed E-state index contributed by atoms with van der Waals surface area (Å²) >= 11 is 0. The van der Waals surface area contributed by atoms with Gasteiger partial charge in [0.1, 0.15) is 11.5 Å². The van der Waals surface area contributed by atoms with E-state index in [-0.39, 0.29) is 5.76 Å². The van der Waals surface area contributed by atoms with Gasteiger partial charge >= 0.3 is 0 Å². The van der Waals surface area contributed by atoms with Gasteiger partial charge in [-0.05, 0) is 12.1 Å². The monoisotopic (exact) mass is 199 g/mol. The second-order valence-corrected chi connectivity index (χ2v) is 3.13. The summed E-state index contributed by atoms with van der Waals surface area (Å²) in [6.45, 7) is 3.25. The first-order valence-corrected chi connectivity index (χ1v) is 4.46. The number of rotatable bonds is 4. The van der Waals surface area contributed by atoms with Gasteiger partial charge in [0.2, 0.25) is 6.04 Å². The van der Waals surface area contributed by atoms with Crippen molar-refractivity contribution in [1.82, 2.24) is 0 Å². The maximum atomic E-state index is 10.4. The Labute approximate surface area is 81.5 Å². The zero-order valence-electron chi connectivity index (χ0n) is 8.14. The van der Waals surface area contributed by atoms with Gasteiger partial charge in [0, 0.05) is 18.3 Å². The molecule has 0 aromatic carbocycles. The van der Waals surface area contributed by atoms with Crippen molar-refractivity contribution in [2.75, 3.05) is 0 Å². The van der Waals surface area contributed by atoms with E-state index in [0.29, 0.717) is 6.42 Å². The molecule has 0 saturated carbocycles. The Morgan fingerprint density at radius 3 is 2.71 bits per heavy atom. The van der Waals surface area contributed by atoms with E-state index in [1.807, 2.05) is 6.92 Å². The minimum Gasteiger partial charge on any atom is -0.463 e. The summed E-state index contributed by atoms with van der Waals surface area (Å²) in [5.74, 6) is 0.973.